The van der Waals surface area contributed by atoms with Crippen molar-refractivity contribution in [2.24, 2.45) is 0 Å². The summed E-state index contributed by atoms with van der Waals surface area (Å²) in [6.07, 6.45) is 1.63. The molecule has 1 amide bonds. The third kappa shape index (κ3) is 2.99. The molecule has 0 bridgehead atoms. The van der Waals surface area contributed by atoms with Gasteiger partial charge in [0.25, 0.3) is 0 Å². The Kier molecular flexibility index (Phi) is 3.86. The number of carbonyl (C=O) groups is 1. The van der Waals surface area contributed by atoms with E-state index in [4.69, 9.17) is 4.42 Å². The predicted molar refractivity (Wildman–Crippen MR) is 75.9 cm³/mol. The van der Waals surface area contributed by atoms with Gasteiger partial charge in [-0.3, -0.25) is 10.1 Å². The molecule has 0 aliphatic carbocycles. The van der Waals surface area contributed by atoms with Gasteiger partial charge in [-0.05, 0) is 12.1 Å². The van der Waals surface area contributed by atoms with Crippen LogP contribution in [0.25, 0.3) is 10.8 Å². The van der Waals surface area contributed by atoms with Crippen LogP contribution in [0.15, 0.2) is 28.2 Å². The zero-order chi connectivity index (χ0) is 13.1. The van der Waals surface area contributed by atoms with E-state index in [-0.39, 0.29) is 11.9 Å². The quantitative estimate of drug-likeness (QED) is 0.898. The molecule has 100 valence electrons. The second kappa shape index (κ2) is 5.77. The van der Waals surface area contributed by atoms with Gasteiger partial charge in [-0.2, -0.15) is 0 Å². The number of aromatic nitrogens is 1. The summed E-state index contributed by atoms with van der Waals surface area (Å²) < 4.78 is 5.29. The lowest BCUT2D eigenvalue weighted by Gasteiger charge is -2.08. The molecule has 0 aromatic carbocycles. The molecule has 3 heterocycles. The highest BCUT2D eigenvalue weighted by atomic mass is 32.2. The van der Waals surface area contributed by atoms with Gasteiger partial charge in [0.2, 0.25) is 5.91 Å². The molecular weight excluding hydrogens is 282 g/mol. The maximum atomic E-state index is 11.8. The first-order valence-corrected chi connectivity index (χ1v) is 7.93. The first-order valence-electron chi connectivity index (χ1n) is 5.90. The highest BCUT2D eigenvalue weighted by molar-refractivity contribution is 7.99. The molecular formula is C12H13N3O2S2. The predicted octanol–water partition coefficient (Wildman–Crippen LogP) is 1.68. The molecule has 7 heteroatoms. The number of rotatable bonds is 4. The third-order valence-electron chi connectivity index (χ3n) is 2.76. The lowest BCUT2D eigenvalue weighted by molar-refractivity contribution is -0.122. The van der Waals surface area contributed by atoms with Crippen molar-refractivity contribution in [3.63, 3.8) is 0 Å². The van der Waals surface area contributed by atoms with Crippen LogP contribution in [0.4, 0.5) is 0 Å². The molecule has 1 saturated heterocycles. The van der Waals surface area contributed by atoms with Crippen molar-refractivity contribution in [3.8, 4) is 10.8 Å². The van der Waals surface area contributed by atoms with E-state index in [1.54, 1.807) is 18.0 Å². The molecule has 5 nitrogen and oxygen atoms in total. The summed E-state index contributed by atoms with van der Waals surface area (Å²) in [5, 5.41) is 8.81. The number of nitrogens with zero attached hydrogens (tertiary/aromatic N) is 1. The minimum absolute atomic E-state index is 0.0394. The minimum Gasteiger partial charge on any atom is -0.462 e. The van der Waals surface area contributed by atoms with Gasteiger partial charge >= 0.3 is 0 Å². The number of hydrogen-bond donors (Lipinski definition) is 2. The Balaban J connectivity index is 1.57. The van der Waals surface area contributed by atoms with Crippen LogP contribution in [0.3, 0.4) is 0 Å². The van der Waals surface area contributed by atoms with E-state index in [2.05, 4.69) is 15.6 Å². The normalized spacial score (nSPS) is 18.6. The molecule has 1 fully saturated rings. The van der Waals surface area contributed by atoms with Crippen molar-refractivity contribution in [3.05, 3.63) is 29.5 Å². The van der Waals surface area contributed by atoms with Crippen molar-refractivity contribution in [1.29, 1.82) is 0 Å². The van der Waals surface area contributed by atoms with Gasteiger partial charge in [-0.25, -0.2) is 4.98 Å². The molecule has 2 aromatic heterocycles. The van der Waals surface area contributed by atoms with Crippen LogP contribution in [0.1, 0.15) is 5.69 Å². The number of nitrogens with one attached hydrogen (secondary N) is 2. The Labute approximate surface area is 118 Å². The average molecular weight is 295 g/mol. The van der Waals surface area contributed by atoms with Crippen LogP contribution in [0, 0.1) is 0 Å². The lowest BCUT2D eigenvalue weighted by Crippen LogP contribution is -2.41. The molecule has 0 radical (unpaired) electrons. The van der Waals surface area contributed by atoms with Crippen molar-refractivity contribution >= 4 is 29.0 Å². The van der Waals surface area contributed by atoms with E-state index in [0.717, 1.165) is 28.1 Å². The Morgan fingerprint density at radius 1 is 1.63 bits per heavy atom. The van der Waals surface area contributed by atoms with E-state index < -0.39 is 0 Å². The minimum atomic E-state index is -0.0758. The Bertz CT molecular complexity index is 547. The van der Waals surface area contributed by atoms with Crippen LogP contribution >= 0.6 is 23.1 Å². The van der Waals surface area contributed by atoms with Crippen molar-refractivity contribution in [1.82, 2.24) is 15.6 Å². The lowest BCUT2D eigenvalue weighted by atomic mass is 10.3. The maximum Gasteiger partial charge on any atom is 0.238 e. The van der Waals surface area contributed by atoms with E-state index in [1.165, 1.54) is 11.3 Å². The van der Waals surface area contributed by atoms with Crippen molar-refractivity contribution in [2.75, 3.05) is 11.6 Å². The molecule has 2 N–H and O–H groups in total. The fraction of sp³-hybridized carbons (Fsp3) is 0.333. The van der Waals surface area contributed by atoms with Crippen LogP contribution < -0.4 is 10.6 Å². The topological polar surface area (TPSA) is 67.2 Å². The summed E-state index contributed by atoms with van der Waals surface area (Å²) in [5.41, 5.74) is 0.857. The summed E-state index contributed by atoms with van der Waals surface area (Å²) in [4.78, 5) is 16.3. The molecule has 1 atom stereocenters. The Morgan fingerprint density at radius 2 is 2.58 bits per heavy atom. The van der Waals surface area contributed by atoms with Gasteiger partial charge < -0.3 is 9.73 Å². The van der Waals surface area contributed by atoms with Crippen LogP contribution in [0.2, 0.25) is 0 Å². The van der Waals surface area contributed by atoms with Crippen LogP contribution in [-0.2, 0) is 11.3 Å². The molecule has 1 aliphatic rings. The largest absolute Gasteiger partial charge is 0.462 e. The number of thioether (sulfide) groups is 1. The summed E-state index contributed by atoms with van der Waals surface area (Å²) >= 11 is 3.25. The number of thiazole rings is 1. The highest BCUT2D eigenvalue weighted by Crippen LogP contribution is 2.23. The first-order chi connectivity index (χ1) is 9.33. The molecule has 1 aliphatic heterocycles. The van der Waals surface area contributed by atoms with Crippen molar-refractivity contribution < 1.29 is 9.21 Å². The van der Waals surface area contributed by atoms with Gasteiger partial charge in [0.1, 0.15) is 0 Å². The zero-order valence-corrected chi connectivity index (χ0v) is 11.7. The Hall–Kier alpha value is -1.31. The third-order valence-corrected chi connectivity index (χ3v) is 4.61. The summed E-state index contributed by atoms with van der Waals surface area (Å²) in [7, 11) is 0. The summed E-state index contributed by atoms with van der Waals surface area (Å²) in [6, 6.07) is 3.64. The van der Waals surface area contributed by atoms with Crippen molar-refractivity contribution in [2.45, 2.75) is 12.6 Å². The Morgan fingerprint density at radius 3 is 3.32 bits per heavy atom. The summed E-state index contributed by atoms with van der Waals surface area (Å²) in [6.45, 7) is 0.457. The van der Waals surface area contributed by atoms with E-state index >= 15 is 0 Å². The molecule has 3 rings (SSSR count). The van der Waals surface area contributed by atoms with Gasteiger partial charge in [0.15, 0.2) is 10.8 Å². The fourth-order valence-corrected chi connectivity index (χ4v) is 3.49. The standard InChI is InChI=1S/C12H13N3O2S2/c16-11(9-6-18-7-14-9)13-4-8-5-19-12(15-8)10-2-1-3-17-10/h1-3,5,9,14H,4,6-7H2,(H,13,16). The number of hydrogen-bond acceptors (Lipinski definition) is 6. The molecule has 0 spiro atoms. The number of carbonyl (C=O) groups excluding carboxylic acids is 1. The van der Waals surface area contributed by atoms with E-state index in [9.17, 15) is 4.79 Å². The van der Waals surface area contributed by atoms with Crippen LogP contribution in [-0.4, -0.2) is 28.6 Å². The second-order valence-electron chi connectivity index (χ2n) is 4.11. The van der Waals surface area contributed by atoms with Gasteiger partial charge in [-0.1, -0.05) is 0 Å². The maximum absolute atomic E-state index is 11.8. The zero-order valence-electron chi connectivity index (χ0n) is 10.1. The van der Waals surface area contributed by atoms with Gasteiger partial charge in [-0.15, -0.1) is 23.1 Å². The monoisotopic (exact) mass is 295 g/mol. The second-order valence-corrected chi connectivity index (χ2v) is 6.00. The van der Waals surface area contributed by atoms with Gasteiger partial charge in [0, 0.05) is 17.0 Å². The molecule has 19 heavy (non-hydrogen) atoms. The number of amides is 1. The van der Waals surface area contributed by atoms with Crippen LogP contribution in [0.5, 0.6) is 0 Å². The van der Waals surface area contributed by atoms with E-state index in [1.807, 2.05) is 17.5 Å². The van der Waals surface area contributed by atoms with Gasteiger partial charge in [0.05, 0.1) is 24.5 Å². The number of furan rings is 1. The smallest absolute Gasteiger partial charge is 0.238 e. The average Bonchev–Trinajstić information content (AvgIpc) is 3.14. The van der Waals surface area contributed by atoms with E-state index in [0.29, 0.717) is 6.54 Å². The fourth-order valence-electron chi connectivity index (χ4n) is 1.77. The first kappa shape index (κ1) is 12.7. The molecule has 1 unspecified atom stereocenters. The molecule has 0 saturated carbocycles. The SMILES string of the molecule is O=C(NCc1csc(-c2ccco2)n1)C1CSCN1. The summed E-state index contributed by atoms with van der Waals surface area (Å²) in [5.74, 6) is 2.48. The molecule has 2 aromatic rings. The highest BCUT2D eigenvalue weighted by Gasteiger charge is 2.22.